The van der Waals surface area contributed by atoms with Gasteiger partial charge in [0, 0.05) is 0 Å². The number of hydrogen-bond acceptors (Lipinski definition) is 4. The van der Waals surface area contributed by atoms with Gasteiger partial charge >= 0.3 is 0 Å². The van der Waals surface area contributed by atoms with Crippen molar-refractivity contribution in [1.29, 1.82) is 0 Å². The molecule has 4 nitrogen and oxygen atoms in total. The summed E-state index contributed by atoms with van der Waals surface area (Å²) >= 11 is 0. The lowest BCUT2D eigenvalue weighted by atomic mass is 10.2. The Balaban J connectivity index is 0. The first-order chi connectivity index (χ1) is 6.62. The number of rotatable bonds is 6. The van der Waals surface area contributed by atoms with Crippen LogP contribution in [0.25, 0.3) is 0 Å². The maximum Gasteiger partial charge on any atom is 0.0770 e. The summed E-state index contributed by atoms with van der Waals surface area (Å²) in [6.45, 7) is 3.74. The van der Waals surface area contributed by atoms with Gasteiger partial charge in [-0.25, -0.2) is 0 Å². The second-order valence-electron chi connectivity index (χ2n) is 3.25. The molecule has 0 aliphatic heterocycles. The first kappa shape index (κ1) is 16.3. The first-order valence-corrected chi connectivity index (χ1v) is 5.20. The normalized spacial score (nSPS) is 14.1. The van der Waals surface area contributed by atoms with Crippen molar-refractivity contribution in [2.45, 2.75) is 51.7 Å². The van der Waals surface area contributed by atoms with Crippen molar-refractivity contribution < 1.29 is 20.4 Å². The summed E-state index contributed by atoms with van der Waals surface area (Å²) < 4.78 is 0. The van der Waals surface area contributed by atoms with Crippen molar-refractivity contribution >= 4 is 0 Å². The summed E-state index contributed by atoms with van der Waals surface area (Å²) in [5, 5.41) is 33.6. The average Bonchev–Trinajstić information content (AvgIpc) is 2.19. The summed E-state index contributed by atoms with van der Waals surface area (Å²) in [4.78, 5) is 0. The molecule has 2 unspecified atom stereocenters. The van der Waals surface area contributed by atoms with Crippen LogP contribution in [0, 0.1) is 0 Å². The fourth-order valence-corrected chi connectivity index (χ4v) is 0.849. The maximum absolute atomic E-state index is 8.61. The smallest absolute Gasteiger partial charge is 0.0770 e. The molecule has 0 aromatic carbocycles. The molecule has 0 spiro atoms. The van der Waals surface area contributed by atoms with E-state index in [2.05, 4.69) is 0 Å². The van der Waals surface area contributed by atoms with Crippen molar-refractivity contribution in [2.24, 2.45) is 0 Å². The van der Waals surface area contributed by atoms with E-state index >= 15 is 0 Å². The van der Waals surface area contributed by atoms with Crippen molar-refractivity contribution in [3.63, 3.8) is 0 Å². The molecule has 0 radical (unpaired) electrons. The minimum Gasteiger partial charge on any atom is -0.394 e. The predicted octanol–water partition coefficient (Wildman–Crippen LogP) is 0.279. The van der Waals surface area contributed by atoms with Crippen LogP contribution in [-0.2, 0) is 0 Å². The second kappa shape index (κ2) is 12.8. The first-order valence-electron chi connectivity index (χ1n) is 5.20. The van der Waals surface area contributed by atoms with Crippen LogP contribution in [0.5, 0.6) is 0 Å². The Labute approximate surface area is 86.2 Å². The minimum absolute atomic E-state index is 0.103. The molecule has 4 N–H and O–H groups in total. The van der Waals surface area contributed by atoms with Crippen molar-refractivity contribution in [3.05, 3.63) is 0 Å². The lowest BCUT2D eigenvalue weighted by Crippen LogP contribution is -2.10. The molecule has 0 amide bonds. The molecule has 0 aromatic rings. The standard InChI is InChI=1S/2C5H12O2/c2*1-2-3-5(7)4-6/h2*5-7H,2-4H2,1H3. The van der Waals surface area contributed by atoms with Crippen LogP contribution in [-0.4, -0.2) is 45.8 Å². The van der Waals surface area contributed by atoms with Crippen LogP contribution in [0.3, 0.4) is 0 Å². The van der Waals surface area contributed by atoms with Crippen molar-refractivity contribution in [2.75, 3.05) is 13.2 Å². The molecular formula is C10H24O4. The number of aliphatic hydroxyl groups is 4. The van der Waals surface area contributed by atoms with E-state index in [1.807, 2.05) is 13.8 Å². The van der Waals surface area contributed by atoms with Gasteiger partial charge in [-0.05, 0) is 12.8 Å². The topological polar surface area (TPSA) is 80.9 Å². The van der Waals surface area contributed by atoms with Gasteiger partial charge in [0.2, 0.25) is 0 Å². The Hall–Kier alpha value is -0.160. The van der Waals surface area contributed by atoms with Gasteiger partial charge in [0.15, 0.2) is 0 Å². The highest BCUT2D eigenvalue weighted by Crippen LogP contribution is 1.92. The average molecular weight is 208 g/mol. The third-order valence-electron chi connectivity index (χ3n) is 1.67. The molecule has 0 heterocycles. The number of aliphatic hydroxyl groups excluding tert-OH is 4. The SMILES string of the molecule is CCCC(O)CO.CCCC(O)CO. The summed E-state index contributed by atoms with van der Waals surface area (Å²) in [5.74, 6) is 0. The fourth-order valence-electron chi connectivity index (χ4n) is 0.849. The van der Waals surface area contributed by atoms with Crippen LogP contribution in [0.2, 0.25) is 0 Å². The van der Waals surface area contributed by atoms with Gasteiger partial charge in [0.25, 0.3) is 0 Å². The lowest BCUT2D eigenvalue weighted by molar-refractivity contribution is 0.0877. The van der Waals surface area contributed by atoms with E-state index in [1.54, 1.807) is 0 Å². The molecule has 88 valence electrons. The van der Waals surface area contributed by atoms with Crippen LogP contribution >= 0.6 is 0 Å². The minimum atomic E-state index is -0.495. The Morgan fingerprint density at radius 1 is 0.786 bits per heavy atom. The van der Waals surface area contributed by atoms with Crippen molar-refractivity contribution in [1.82, 2.24) is 0 Å². The highest BCUT2D eigenvalue weighted by Gasteiger charge is 1.96. The molecule has 0 aliphatic rings. The Morgan fingerprint density at radius 3 is 1.14 bits per heavy atom. The van der Waals surface area contributed by atoms with Crippen LogP contribution < -0.4 is 0 Å². The van der Waals surface area contributed by atoms with Gasteiger partial charge in [-0.2, -0.15) is 0 Å². The van der Waals surface area contributed by atoms with E-state index in [9.17, 15) is 0 Å². The highest BCUT2D eigenvalue weighted by molar-refractivity contribution is 4.48. The monoisotopic (exact) mass is 208 g/mol. The summed E-state index contributed by atoms with van der Waals surface area (Å²) in [6.07, 6.45) is 2.28. The molecule has 0 saturated heterocycles. The predicted molar refractivity (Wildman–Crippen MR) is 56.0 cm³/mol. The van der Waals surface area contributed by atoms with E-state index in [1.165, 1.54) is 0 Å². The molecule has 0 aromatic heterocycles. The largest absolute Gasteiger partial charge is 0.394 e. The van der Waals surface area contributed by atoms with Gasteiger partial charge in [-0.3, -0.25) is 0 Å². The number of hydrogen-bond donors (Lipinski definition) is 4. The van der Waals surface area contributed by atoms with Gasteiger partial charge < -0.3 is 20.4 Å². The third kappa shape index (κ3) is 14.4. The molecular weight excluding hydrogens is 184 g/mol. The summed E-state index contributed by atoms with van der Waals surface area (Å²) in [7, 11) is 0. The van der Waals surface area contributed by atoms with Crippen LogP contribution in [0.15, 0.2) is 0 Å². The zero-order valence-electron chi connectivity index (χ0n) is 9.19. The van der Waals surface area contributed by atoms with Gasteiger partial charge in [0.05, 0.1) is 25.4 Å². The molecule has 14 heavy (non-hydrogen) atoms. The Bertz CT molecular complexity index is 86.1. The van der Waals surface area contributed by atoms with Crippen molar-refractivity contribution in [3.8, 4) is 0 Å². The molecule has 0 fully saturated rings. The van der Waals surface area contributed by atoms with E-state index in [4.69, 9.17) is 20.4 Å². The van der Waals surface area contributed by atoms with Crippen LogP contribution in [0.1, 0.15) is 39.5 Å². The maximum atomic E-state index is 8.61. The molecule has 0 rings (SSSR count). The fraction of sp³-hybridized carbons (Fsp3) is 1.00. The van der Waals surface area contributed by atoms with Gasteiger partial charge in [-0.15, -0.1) is 0 Å². The van der Waals surface area contributed by atoms with Gasteiger partial charge in [0.1, 0.15) is 0 Å². The highest BCUT2D eigenvalue weighted by atomic mass is 16.3. The summed E-state index contributed by atoms with van der Waals surface area (Å²) in [5.41, 5.74) is 0. The molecule has 2 atom stereocenters. The Morgan fingerprint density at radius 2 is 1.07 bits per heavy atom. The quantitative estimate of drug-likeness (QED) is 0.505. The molecule has 0 bridgehead atoms. The third-order valence-corrected chi connectivity index (χ3v) is 1.67. The lowest BCUT2D eigenvalue weighted by Gasteiger charge is -2.01. The van der Waals surface area contributed by atoms with E-state index in [0.717, 1.165) is 12.8 Å². The Kier molecular flexibility index (Phi) is 14.9. The second-order valence-corrected chi connectivity index (χ2v) is 3.25. The molecule has 4 heteroatoms. The van der Waals surface area contributed by atoms with Crippen LogP contribution in [0.4, 0.5) is 0 Å². The molecule has 0 aliphatic carbocycles. The zero-order valence-corrected chi connectivity index (χ0v) is 9.19. The summed E-state index contributed by atoms with van der Waals surface area (Å²) in [6, 6.07) is 0. The van der Waals surface area contributed by atoms with E-state index in [0.29, 0.717) is 12.8 Å². The molecule has 0 saturated carbocycles. The van der Waals surface area contributed by atoms with E-state index < -0.39 is 12.2 Å². The van der Waals surface area contributed by atoms with E-state index in [-0.39, 0.29) is 13.2 Å². The zero-order chi connectivity index (χ0) is 11.4. The van der Waals surface area contributed by atoms with Gasteiger partial charge in [-0.1, -0.05) is 26.7 Å².